The van der Waals surface area contributed by atoms with Gasteiger partial charge in [0.2, 0.25) is 0 Å². The van der Waals surface area contributed by atoms with E-state index in [1.807, 2.05) is 0 Å². The number of carbonyl (C=O) groups is 2. The Kier molecular flexibility index (Phi) is 16.2. The van der Waals surface area contributed by atoms with Crippen LogP contribution in [0.3, 0.4) is 0 Å². The van der Waals surface area contributed by atoms with Gasteiger partial charge in [0.25, 0.3) is 0 Å². The number of carboxylic acids is 1. The first kappa shape index (κ1) is 23.4. The molecule has 0 aromatic rings. The Bertz CT molecular complexity index is 399. The number of aliphatic carboxylic acids is 1. The standard InChI is InChI=1S/C21H36O4/c1-3-5-6-7-8-9-10-11-12-13-14-15-16-17-18-20(22)25-19(4-2)21(23)24/h7-8,10-11,19H,3-6,9,12-18H2,1-2H3,(H,23,24)/b8-7-,11-10-. The zero-order chi connectivity index (χ0) is 18.8. The quantitative estimate of drug-likeness (QED) is 0.216. The number of hydrogen-bond acceptors (Lipinski definition) is 3. The second-order valence-electron chi connectivity index (χ2n) is 6.35. The highest BCUT2D eigenvalue weighted by molar-refractivity contribution is 5.77. The molecule has 0 rings (SSSR count). The SMILES string of the molecule is CCCC/C=C\C/C=C\CCCCCCCC(=O)OC(CC)C(=O)O. The molecule has 1 atom stereocenters. The van der Waals surface area contributed by atoms with Gasteiger partial charge in [-0.05, 0) is 38.5 Å². The molecule has 0 bridgehead atoms. The topological polar surface area (TPSA) is 63.6 Å². The second kappa shape index (κ2) is 17.2. The van der Waals surface area contributed by atoms with Crippen LogP contribution in [0.25, 0.3) is 0 Å². The molecule has 4 nitrogen and oxygen atoms in total. The summed E-state index contributed by atoms with van der Waals surface area (Å²) >= 11 is 0. The van der Waals surface area contributed by atoms with E-state index in [0.29, 0.717) is 12.8 Å². The van der Waals surface area contributed by atoms with Crippen molar-refractivity contribution in [3.8, 4) is 0 Å². The van der Waals surface area contributed by atoms with Gasteiger partial charge >= 0.3 is 11.9 Å². The zero-order valence-corrected chi connectivity index (χ0v) is 16.0. The van der Waals surface area contributed by atoms with E-state index in [1.54, 1.807) is 6.92 Å². The van der Waals surface area contributed by atoms with Gasteiger partial charge in [0.05, 0.1) is 0 Å². The van der Waals surface area contributed by atoms with Crippen molar-refractivity contribution in [2.24, 2.45) is 0 Å². The number of carbonyl (C=O) groups excluding carboxylic acids is 1. The summed E-state index contributed by atoms with van der Waals surface area (Å²) in [6.45, 7) is 3.91. The van der Waals surface area contributed by atoms with Crippen LogP contribution in [-0.2, 0) is 14.3 Å². The molecular weight excluding hydrogens is 316 g/mol. The normalized spacial score (nSPS) is 12.7. The van der Waals surface area contributed by atoms with E-state index in [-0.39, 0.29) is 0 Å². The highest BCUT2D eigenvalue weighted by Gasteiger charge is 2.19. The van der Waals surface area contributed by atoms with Crippen molar-refractivity contribution < 1.29 is 19.4 Å². The number of allylic oxidation sites excluding steroid dienone is 4. The van der Waals surface area contributed by atoms with E-state index in [2.05, 4.69) is 31.2 Å². The van der Waals surface area contributed by atoms with Crippen LogP contribution >= 0.6 is 0 Å². The summed E-state index contributed by atoms with van der Waals surface area (Å²) < 4.78 is 4.92. The first-order valence-electron chi connectivity index (χ1n) is 9.84. The predicted molar refractivity (Wildman–Crippen MR) is 103 cm³/mol. The lowest BCUT2D eigenvalue weighted by Crippen LogP contribution is -2.26. The highest BCUT2D eigenvalue weighted by Crippen LogP contribution is 2.10. The summed E-state index contributed by atoms with van der Waals surface area (Å²) in [5.74, 6) is -1.47. The van der Waals surface area contributed by atoms with Crippen molar-refractivity contribution in [2.75, 3.05) is 0 Å². The first-order valence-corrected chi connectivity index (χ1v) is 9.84. The van der Waals surface area contributed by atoms with Crippen molar-refractivity contribution in [3.05, 3.63) is 24.3 Å². The summed E-state index contributed by atoms with van der Waals surface area (Å²) in [5, 5.41) is 8.83. The molecule has 0 fully saturated rings. The molecule has 1 N–H and O–H groups in total. The van der Waals surface area contributed by atoms with E-state index in [4.69, 9.17) is 9.84 Å². The van der Waals surface area contributed by atoms with E-state index in [1.165, 1.54) is 32.1 Å². The highest BCUT2D eigenvalue weighted by atomic mass is 16.6. The van der Waals surface area contributed by atoms with Crippen LogP contribution in [0.1, 0.15) is 90.9 Å². The average Bonchev–Trinajstić information content (AvgIpc) is 2.59. The molecule has 0 aliphatic carbocycles. The predicted octanol–water partition coefficient (Wildman–Crippen LogP) is 5.82. The second-order valence-corrected chi connectivity index (χ2v) is 6.35. The molecule has 144 valence electrons. The van der Waals surface area contributed by atoms with Crippen LogP contribution < -0.4 is 0 Å². The van der Waals surface area contributed by atoms with Gasteiger partial charge in [-0.3, -0.25) is 4.79 Å². The Balaban J connectivity index is 3.45. The van der Waals surface area contributed by atoms with Gasteiger partial charge in [-0.15, -0.1) is 0 Å². The summed E-state index contributed by atoms with van der Waals surface area (Å²) in [6.07, 6.45) is 19.7. The molecule has 0 aliphatic heterocycles. The molecule has 0 aromatic carbocycles. The maximum Gasteiger partial charge on any atom is 0.345 e. The average molecular weight is 353 g/mol. The molecule has 0 saturated heterocycles. The van der Waals surface area contributed by atoms with Gasteiger partial charge in [0, 0.05) is 6.42 Å². The van der Waals surface area contributed by atoms with Gasteiger partial charge in [0.1, 0.15) is 0 Å². The van der Waals surface area contributed by atoms with Crippen LogP contribution in [0.4, 0.5) is 0 Å². The van der Waals surface area contributed by atoms with Gasteiger partial charge in [-0.25, -0.2) is 4.79 Å². The molecule has 0 aromatic heterocycles. The fourth-order valence-corrected chi connectivity index (χ4v) is 2.42. The van der Waals surface area contributed by atoms with Crippen LogP contribution in [0, 0.1) is 0 Å². The molecular formula is C21H36O4. The Morgan fingerprint density at radius 3 is 2.08 bits per heavy atom. The maximum absolute atomic E-state index is 11.5. The van der Waals surface area contributed by atoms with Gasteiger partial charge in [-0.1, -0.05) is 70.3 Å². The third kappa shape index (κ3) is 15.7. The van der Waals surface area contributed by atoms with Crippen LogP contribution in [0.5, 0.6) is 0 Å². The van der Waals surface area contributed by atoms with Crippen molar-refractivity contribution in [3.63, 3.8) is 0 Å². The summed E-state index contributed by atoms with van der Waals surface area (Å²) in [7, 11) is 0. The molecule has 0 aliphatic rings. The monoisotopic (exact) mass is 352 g/mol. The van der Waals surface area contributed by atoms with Crippen LogP contribution in [0.15, 0.2) is 24.3 Å². The lowest BCUT2D eigenvalue weighted by atomic mass is 10.1. The van der Waals surface area contributed by atoms with E-state index >= 15 is 0 Å². The third-order valence-corrected chi connectivity index (χ3v) is 4.00. The smallest absolute Gasteiger partial charge is 0.345 e. The molecule has 25 heavy (non-hydrogen) atoms. The van der Waals surface area contributed by atoms with Crippen molar-refractivity contribution >= 4 is 11.9 Å². The molecule has 0 heterocycles. The lowest BCUT2D eigenvalue weighted by molar-refractivity contribution is -0.164. The molecule has 1 unspecified atom stereocenters. The third-order valence-electron chi connectivity index (χ3n) is 4.00. The van der Waals surface area contributed by atoms with Crippen LogP contribution in [-0.4, -0.2) is 23.1 Å². The van der Waals surface area contributed by atoms with Gasteiger partial charge in [0.15, 0.2) is 6.10 Å². The number of ether oxygens (including phenoxy) is 1. The molecule has 0 spiro atoms. The lowest BCUT2D eigenvalue weighted by Gasteiger charge is -2.11. The molecule has 4 heteroatoms. The Morgan fingerprint density at radius 2 is 1.48 bits per heavy atom. The minimum Gasteiger partial charge on any atom is -0.479 e. The summed E-state index contributed by atoms with van der Waals surface area (Å²) in [5.41, 5.74) is 0. The Labute approximate surface area is 153 Å². The fourth-order valence-electron chi connectivity index (χ4n) is 2.42. The van der Waals surface area contributed by atoms with Crippen molar-refractivity contribution in [2.45, 2.75) is 97.0 Å². The zero-order valence-electron chi connectivity index (χ0n) is 16.0. The fraction of sp³-hybridized carbons (Fsp3) is 0.714. The minimum atomic E-state index is -1.07. The first-order chi connectivity index (χ1) is 12.1. The van der Waals surface area contributed by atoms with Gasteiger partial charge in [-0.2, -0.15) is 0 Å². The number of esters is 1. The summed E-state index contributed by atoms with van der Waals surface area (Å²) in [6, 6.07) is 0. The minimum absolute atomic E-state index is 0.309. The Hall–Kier alpha value is -1.58. The summed E-state index contributed by atoms with van der Waals surface area (Å²) in [4.78, 5) is 22.3. The van der Waals surface area contributed by atoms with Crippen molar-refractivity contribution in [1.29, 1.82) is 0 Å². The maximum atomic E-state index is 11.5. The van der Waals surface area contributed by atoms with Crippen LogP contribution in [0.2, 0.25) is 0 Å². The van der Waals surface area contributed by atoms with Gasteiger partial charge < -0.3 is 9.84 Å². The number of carboxylic acid groups (broad SMARTS) is 1. The number of rotatable bonds is 16. The molecule has 0 radical (unpaired) electrons. The van der Waals surface area contributed by atoms with E-state index in [9.17, 15) is 9.59 Å². The molecule has 0 saturated carbocycles. The van der Waals surface area contributed by atoms with Crippen molar-refractivity contribution in [1.82, 2.24) is 0 Å². The molecule has 0 amide bonds. The largest absolute Gasteiger partial charge is 0.479 e. The Morgan fingerprint density at radius 1 is 0.880 bits per heavy atom. The van der Waals surface area contributed by atoms with E-state index in [0.717, 1.165) is 32.1 Å². The number of unbranched alkanes of at least 4 members (excludes halogenated alkanes) is 7. The van der Waals surface area contributed by atoms with E-state index < -0.39 is 18.0 Å². The number of hydrogen-bond donors (Lipinski definition) is 1.